The molecule has 0 aliphatic carbocycles. The molecule has 0 aromatic heterocycles. The minimum absolute atomic E-state index is 0. The monoisotopic (exact) mass is 1020 g/mol. The summed E-state index contributed by atoms with van der Waals surface area (Å²) in [5.74, 6) is 0. The summed E-state index contributed by atoms with van der Waals surface area (Å²) in [7, 11) is 0. The maximum Gasteiger partial charge on any atom is 4.00 e. The van der Waals surface area contributed by atoms with E-state index in [1.807, 2.05) is 0 Å². The summed E-state index contributed by atoms with van der Waals surface area (Å²) in [6.45, 7) is 0. The van der Waals surface area contributed by atoms with Crippen molar-refractivity contribution < 1.29 is 360 Å². The molecule has 0 N–H and O–H groups in total. The Hall–Kier alpha value is 7.57. The Labute approximate surface area is 378 Å². The van der Waals surface area contributed by atoms with Crippen molar-refractivity contribution in [3.05, 3.63) is 0 Å². The fraction of sp³-hybridized carbons (Fsp3) is 0. The normalized spacial score (nSPS) is 0. The standard InChI is InChI=1S/Cr.23O.Sb.10Ti/q+3;23*-2;+3;10*+4. The van der Waals surface area contributed by atoms with Crippen molar-refractivity contribution >= 4 is 24.4 Å². The smallest absolute Gasteiger partial charge is 2.00 e. The predicted octanol–water partition coefficient (Wildman–Crippen LogP) is -3.14. The zero-order valence-electron chi connectivity index (χ0n) is 15.2. The number of rotatable bonds is 0. The second-order valence-electron chi connectivity index (χ2n) is 0. The molecular weight excluding hydrogens is 1020 g/mol. The third-order valence-electron chi connectivity index (χ3n) is 0. The summed E-state index contributed by atoms with van der Waals surface area (Å²) >= 11 is 0. The van der Waals surface area contributed by atoms with E-state index in [0.29, 0.717) is 0 Å². The van der Waals surface area contributed by atoms with Crippen LogP contribution >= 0.6 is 0 Å². The van der Waals surface area contributed by atoms with E-state index >= 15 is 0 Å². The van der Waals surface area contributed by atoms with Gasteiger partial charge in [-0.2, -0.15) is 0 Å². The first-order chi connectivity index (χ1) is 0. The van der Waals surface area contributed by atoms with Gasteiger partial charge < -0.3 is 126 Å². The van der Waals surface area contributed by atoms with Crippen LogP contribution in [0.3, 0.4) is 0 Å². The Bertz CT molecular complexity index is 42.3. The molecule has 0 bridgehead atoms. The van der Waals surface area contributed by atoms with Crippen molar-refractivity contribution in [3.63, 3.8) is 0 Å². The zero-order chi connectivity index (χ0) is 0. The molecule has 0 amide bonds. The second-order valence-corrected chi connectivity index (χ2v) is 0. The van der Waals surface area contributed by atoms with Gasteiger partial charge in [0.05, 0.1) is 0 Å². The maximum atomic E-state index is 0. The van der Waals surface area contributed by atoms with Crippen LogP contribution in [-0.4, -0.2) is 24.4 Å². The van der Waals surface area contributed by atoms with Gasteiger partial charge in [0.15, 0.2) is 0 Å². The van der Waals surface area contributed by atoms with Gasteiger partial charge in [-0.1, -0.05) is 0 Å². The average molecular weight is 1020 g/mol. The quantitative estimate of drug-likeness (QED) is 0.217. The van der Waals surface area contributed by atoms with Gasteiger partial charge in [-0.25, -0.2) is 0 Å². The predicted molar refractivity (Wildman–Crippen MR) is 21.5 cm³/mol. The van der Waals surface area contributed by atoms with E-state index in [1.165, 1.54) is 0 Å². The molecule has 35 heteroatoms. The third-order valence-corrected chi connectivity index (χ3v) is 0. The fourth-order valence-corrected chi connectivity index (χ4v) is 0. The Morgan fingerprint density at radius 3 is 0.114 bits per heavy atom. The Morgan fingerprint density at radius 1 is 0.114 bits per heavy atom. The van der Waals surface area contributed by atoms with Gasteiger partial charge in [-0.3, -0.25) is 0 Å². The van der Waals surface area contributed by atoms with E-state index in [1.54, 1.807) is 0 Å². The Kier molecular flexibility index (Phi) is 43700. The zero-order valence-corrected chi connectivity index (χ0v) is 34.7. The first kappa shape index (κ1) is 1280. The Balaban J connectivity index is 0. The number of hydrogen-bond acceptors (Lipinski definition) is 0. The largest absolute Gasteiger partial charge is 4.00 e. The molecule has 35 heavy (non-hydrogen) atoms. The van der Waals surface area contributed by atoms with E-state index in [-0.39, 0.29) is 385 Å². The molecule has 0 aromatic rings. The van der Waals surface area contributed by atoms with E-state index in [2.05, 4.69) is 0 Å². The van der Waals surface area contributed by atoms with E-state index in [9.17, 15) is 0 Å². The van der Waals surface area contributed by atoms with Crippen LogP contribution in [0.15, 0.2) is 0 Å². The molecule has 0 spiro atoms. The topological polar surface area (TPSA) is 656 Å². The fourth-order valence-electron chi connectivity index (χ4n) is 0. The van der Waals surface area contributed by atoms with Crippen molar-refractivity contribution in [2.45, 2.75) is 0 Å². The van der Waals surface area contributed by atoms with Crippen molar-refractivity contribution in [1.29, 1.82) is 0 Å². The van der Waals surface area contributed by atoms with E-state index in [4.69, 9.17) is 0 Å². The summed E-state index contributed by atoms with van der Waals surface area (Å²) in [4.78, 5) is 0. The molecule has 0 unspecified atom stereocenters. The van der Waals surface area contributed by atoms with Crippen LogP contribution in [0.5, 0.6) is 0 Å². The maximum absolute atomic E-state index is 0. The van der Waals surface area contributed by atoms with Crippen LogP contribution in [0.1, 0.15) is 0 Å². The molecule has 0 rings (SSSR count). The van der Waals surface area contributed by atoms with Gasteiger partial charge in [0.25, 0.3) is 0 Å². The van der Waals surface area contributed by atoms with Crippen LogP contribution in [-0.2, 0) is 360 Å². The molecule has 23 nitrogen and oxygen atoms in total. The van der Waals surface area contributed by atoms with Crippen molar-refractivity contribution in [2.24, 2.45) is 0 Å². The summed E-state index contributed by atoms with van der Waals surface area (Å²) in [5.41, 5.74) is 0. The third kappa shape index (κ3) is 1140. The SMILES string of the molecule is [Cr+3].[O-2].[O-2].[O-2].[O-2].[O-2].[O-2].[O-2].[O-2].[O-2].[O-2].[O-2].[O-2].[O-2].[O-2].[O-2].[O-2].[O-2].[O-2].[O-2].[O-2].[O-2].[O-2].[O-2].[Sb+3].[Ti+4].[Ti+4].[Ti+4].[Ti+4].[Ti+4].[Ti+4].[Ti+4].[Ti+4].[Ti+4].[Ti+4]. The molecule has 0 aliphatic rings. The van der Waals surface area contributed by atoms with E-state index < -0.39 is 0 Å². The van der Waals surface area contributed by atoms with Gasteiger partial charge >= 0.3 is 259 Å². The van der Waals surface area contributed by atoms with E-state index in [0.717, 1.165) is 0 Å². The minimum Gasteiger partial charge on any atom is -2.00 e. The van der Waals surface area contributed by atoms with Gasteiger partial charge in [-0.15, -0.1) is 0 Å². The van der Waals surface area contributed by atoms with Gasteiger partial charge in [0, 0.05) is 0 Å². The molecule has 3 radical (unpaired) electrons. The molecular formula is CrO23SbTi10. The van der Waals surface area contributed by atoms with Crippen LogP contribution in [0.2, 0.25) is 0 Å². The number of hydrogen-bond donors (Lipinski definition) is 0. The second kappa shape index (κ2) is 1190. The summed E-state index contributed by atoms with van der Waals surface area (Å²) in [6, 6.07) is 0. The van der Waals surface area contributed by atoms with Crippen molar-refractivity contribution in [2.75, 3.05) is 0 Å². The van der Waals surface area contributed by atoms with Crippen molar-refractivity contribution in [3.8, 4) is 0 Å². The molecule has 0 saturated heterocycles. The first-order valence-electron chi connectivity index (χ1n) is 0. The summed E-state index contributed by atoms with van der Waals surface area (Å²) < 4.78 is 0. The Morgan fingerprint density at radius 2 is 0.114 bits per heavy atom. The first-order valence-corrected chi connectivity index (χ1v) is 0. The molecule has 0 heterocycles. The minimum atomic E-state index is 0. The van der Waals surface area contributed by atoms with Gasteiger partial charge in [0.1, 0.15) is 0 Å². The average Bonchev–Trinajstić information content (AvgIpc) is 0. The van der Waals surface area contributed by atoms with Gasteiger partial charge in [-0.05, 0) is 0 Å². The van der Waals surface area contributed by atoms with Crippen LogP contribution in [0, 0.1) is 0 Å². The van der Waals surface area contributed by atoms with Crippen LogP contribution < -0.4 is 0 Å². The molecule has 0 aromatic carbocycles. The van der Waals surface area contributed by atoms with Crippen molar-refractivity contribution in [1.82, 2.24) is 0 Å². The molecule has 0 aliphatic heterocycles. The van der Waals surface area contributed by atoms with Crippen LogP contribution in [0.25, 0.3) is 0 Å². The summed E-state index contributed by atoms with van der Waals surface area (Å²) in [6.07, 6.45) is 0. The molecule has 0 fully saturated rings. The molecule has 0 saturated carbocycles. The summed E-state index contributed by atoms with van der Waals surface area (Å²) in [5, 5.41) is 0. The van der Waals surface area contributed by atoms with Gasteiger partial charge in [0.2, 0.25) is 0 Å². The van der Waals surface area contributed by atoms with Crippen LogP contribution in [0.4, 0.5) is 0 Å². The molecule has 0 atom stereocenters. The molecule has 189 valence electrons.